The first-order valence-corrected chi connectivity index (χ1v) is 7.71. The zero-order valence-corrected chi connectivity index (χ0v) is 12.2. The Morgan fingerprint density at radius 1 is 1.53 bits per heavy atom. The molecule has 0 fully saturated rings. The smallest absolute Gasteiger partial charge is 0.316 e. The van der Waals surface area contributed by atoms with Gasteiger partial charge in [0.2, 0.25) is 5.89 Å². The highest BCUT2D eigenvalue weighted by Gasteiger charge is 2.23. The minimum atomic E-state index is -0.807. The molecular weight excluding hydrogens is 284 g/mol. The first-order chi connectivity index (χ1) is 9.08. The Balaban J connectivity index is 1.99. The van der Waals surface area contributed by atoms with Crippen LogP contribution in [0, 0.1) is 5.92 Å². The molecule has 0 aliphatic heterocycles. The second-order valence-electron chi connectivity index (χ2n) is 4.29. The fourth-order valence-electron chi connectivity index (χ4n) is 1.52. The van der Waals surface area contributed by atoms with Crippen molar-refractivity contribution >= 4 is 29.1 Å². The molecule has 0 bridgehead atoms. The van der Waals surface area contributed by atoms with Crippen molar-refractivity contribution in [2.75, 3.05) is 0 Å². The van der Waals surface area contributed by atoms with Gasteiger partial charge in [-0.2, -0.15) is 0 Å². The molecule has 5 nitrogen and oxygen atoms in total. The van der Waals surface area contributed by atoms with Gasteiger partial charge in [0.1, 0.15) is 5.25 Å². The quantitative estimate of drug-likeness (QED) is 0.883. The fraction of sp³-hybridized carbons (Fsp3) is 0.417. The highest BCUT2D eigenvalue weighted by molar-refractivity contribution is 7.99. The Morgan fingerprint density at radius 2 is 2.32 bits per heavy atom. The van der Waals surface area contributed by atoms with Gasteiger partial charge in [0.25, 0.3) is 5.89 Å². The third-order valence-electron chi connectivity index (χ3n) is 2.43. The van der Waals surface area contributed by atoms with Crippen LogP contribution in [0.25, 0.3) is 10.8 Å². The van der Waals surface area contributed by atoms with Gasteiger partial charge in [-0.3, -0.25) is 4.79 Å². The maximum absolute atomic E-state index is 11.1. The molecule has 0 aliphatic carbocycles. The minimum absolute atomic E-state index is 0.0576. The number of rotatable bonds is 6. The van der Waals surface area contributed by atoms with Crippen molar-refractivity contribution in [3.8, 4) is 10.8 Å². The SMILES string of the molecule is CC(C)C(SCc1nnc(-c2cccs2)o1)C(=O)O. The number of aliphatic carboxylic acids is 1. The van der Waals surface area contributed by atoms with Crippen LogP contribution in [0.1, 0.15) is 19.7 Å². The molecule has 0 aromatic carbocycles. The van der Waals surface area contributed by atoms with Gasteiger partial charge in [-0.05, 0) is 17.4 Å². The molecule has 19 heavy (non-hydrogen) atoms. The van der Waals surface area contributed by atoms with Crippen molar-refractivity contribution in [2.24, 2.45) is 5.92 Å². The van der Waals surface area contributed by atoms with Gasteiger partial charge in [-0.1, -0.05) is 19.9 Å². The van der Waals surface area contributed by atoms with Gasteiger partial charge in [-0.25, -0.2) is 0 Å². The molecule has 2 heterocycles. The lowest BCUT2D eigenvalue weighted by atomic mass is 10.1. The van der Waals surface area contributed by atoms with Gasteiger partial charge in [0.15, 0.2) is 0 Å². The molecule has 102 valence electrons. The van der Waals surface area contributed by atoms with Gasteiger partial charge >= 0.3 is 5.97 Å². The predicted molar refractivity (Wildman–Crippen MR) is 75.2 cm³/mol. The largest absolute Gasteiger partial charge is 0.480 e. The molecule has 0 aliphatic rings. The zero-order valence-electron chi connectivity index (χ0n) is 10.6. The number of aromatic nitrogens is 2. The van der Waals surface area contributed by atoms with Crippen molar-refractivity contribution in [2.45, 2.75) is 24.9 Å². The summed E-state index contributed by atoms with van der Waals surface area (Å²) >= 11 is 2.84. The van der Waals surface area contributed by atoms with E-state index < -0.39 is 11.2 Å². The molecular formula is C12H14N2O3S2. The second-order valence-corrected chi connectivity index (χ2v) is 6.37. The molecule has 0 radical (unpaired) electrons. The lowest BCUT2D eigenvalue weighted by Crippen LogP contribution is -2.22. The van der Waals surface area contributed by atoms with E-state index in [9.17, 15) is 4.79 Å². The fourth-order valence-corrected chi connectivity index (χ4v) is 3.13. The number of hydrogen-bond donors (Lipinski definition) is 1. The Morgan fingerprint density at radius 3 is 2.89 bits per heavy atom. The van der Waals surface area contributed by atoms with Gasteiger partial charge in [0, 0.05) is 0 Å². The summed E-state index contributed by atoms with van der Waals surface area (Å²) in [5.41, 5.74) is 0. The third-order valence-corrected chi connectivity index (χ3v) is 4.81. The van der Waals surface area contributed by atoms with Crippen molar-refractivity contribution < 1.29 is 14.3 Å². The Hall–Kier alpha value is -1.34. The summed E-state index contributed by atoms with van der Waals surface area (Å²) in [4.78, 5) is 12.0. The Kier molecular flexibility index (Phi) is 4.60. The van der Waals surface area contributed by atoms with Crippen LogP contribution in [0.15, 0.2) is 21.9 Å². The van der Waals surface area contributed by atoms with E-state index in [1.165, 1.54) is 23.1 Å². The van der Waals surface area contributed by atoms with Crippen LogP contribution in [0.3, 0.4) is 0 Å². The Labute approximate surface area is 119 Å². The second kappa shape index (κ2) is 6.21. The standard InChI is InChI=1S/C12H14N2O3S2/c1-7(2)10(12(15)16)19-6-9-13-14-11(17-9)8-4-3-5-18-8/h3-5,7,10H,6H2,1-2H3,(H,15,16). The number of hydrogen-bond acceptors (Lipinski definition) is 6. The molecule has 2 aromatic rings. The van der Waals surface area contributed by atoms with Crippen molar-refractivity contribution in [3.63, 3.8) is 0 Å². The molecule has 0 spiro atoms. The van der Waals surface area contributed by atoms with Crippen LogP contribution >= 0.6 is 23.1 Å². The van der Waals surface area contributed by atoms with E-state index >= 15 is 0 Å². The summed E-state index contributed by atoms with van der Waals surface area (Å²) in [6, 6.07) is 3.82. The maximum Gasteiger partial charge on any atom is 0.316 e. The maximum atomic E-state index is 11.1. The summed E-state index contributed by atoms with van der Waals surface area (Å²) in [7, 11) is 0. The number of carbonyl (C=O) groups is 1. The highest BCUT2D eigenvalue weighted by atomic mass is 32.2. The zero-order chi connectivity index (χ0) is 13.8. The highest BCUT2D eigenvalue weighted by Crippen LogP contribution is 2.27. The molecule has 2 aromatic heterocycles. The van der Waals surface area contributed by atoms with Crippen LogP contribution < -0.4 is 0 Å². The van der Waals surface area contributed by atoms with Crippen LogP contribution in [0.4, 0.5) is 0 Å². The summed E-state index contributed by atoms with van der Waals surface area (Å²) < 4.78 is 5.51. The first kappa shape index (κ1) is 14.1. The van der Waals surface area contributed by atoms with E-state index in [4.69, 9.17) is 9.52 Å². The summed E-state index contributed by atoms with van der Waals surface area (Å²) in [6.45, 7) is 3.77. The predicted octanol–water partition coefficient (Wildman–Crippen LogP) is 3.14. The van der Waals surface area contributed by atoms with Crippen LogP contribution in [0.2, 0.25) is 0 Å². The van der Waals surface area contributed by atoms with E-state index in [0.29, 0.717) is 17.5 Å². The molecule has 2 rings (SSSR count). The first-order valence-electron chi connectivity index (χ1n) is 5.78. The number of carboxylic acids is 1. The van der Waals surface area contributed by atoms with E-state index in [1.807, 2.05) is 31.4 Å². The number of thioether (sulfide) groups is 1. The van der Waals surface area contributed by atoms with Gasteiger partial charge < -0.3 is 9.52 Å². The lowest BCUT2D eigenvalue weighted by Gasteiger charge is -2.13. The topological polar surface area (TPSA) is 76.2 Å². The number of thiophene rings is 1. The summed E-state index contributed by atoms with van der Waals surface area (Å²) in [6.07, 6.45) is 0. The molecule has 0 saturated carbocycles. The van der Waals surface area contributed by atoms with Gasteiger partial charge in [0.05, 0.1) is 10.6 Å². The number of carboxylic acid groups (broad SMARTS) is 1. The minimum Gasteiger partial charge on any atom is -0.480 e. The van der Waals surface area contributed by atoms with Crippen LogP contribution in [-0.4, -0.2) is 26.5 Å². The van der Waals surface area contributed by atoms with E-state index in [-0.39, 0.29) is 5.92 Å². The summed E-state index contributed by atoms with van der Waals surface area (Å²) in [5.74, 6) is 0.607. The average molecular weight is 298 g/mol. The number of nitrogens with zero attached hydrogens (tertiary/aromatic N) is 2. The van der Waals surface area contributed by atoms with Crippen molar-refractivity contribution in [3.05, 3.63) is 23.4 Å². The Bertz CT molecular complexity index is 537. The average Bonchev–Trinajstić information content (AvgIpc) is 2.98. The summed E-state index contributed by atoms with van der Waals surface area (Å²) in [5, 5.41) is 18.5. The monoisotopic (exact) mass is 298 g/mol. The van der Waals surface area contributed by atoms with E-state index in [2.05, 4.69) is 10.2 Å². The van der Waals surface area contributed by atoms with Crippen molar-refractivity contribution in [1.29, 1.82) is 0 Å². The van der Waals surface area contributed by atoms with Crippen LogP contribution in [0.5, 0.6) is 0 Å². The van der Waals surface area contributed by atoms with Crippen LogP contribution in [-0.2, 0) is 10.5 Å². The normalized spacial score (nSPS) is 12.8. The molecule has 0 amide bonds. The molecule has 7 heteroatoms. The van der Waals surface area contributed by atoms with Crippen molar-refractivity contribution in [1.82, 2.24) is 10.2 Å². The van der Waals surface area contributed by atoms with E-state index in [0.717, 1.165) is 4.88 Å². The molecule has 1 N–H and O–H groups in total. The lowest BCUT2D eigenvalue weighted by molar-refractivity contribution is -0.137. The molecule has 1 atom stereocenters. The third kappa shape index (κ3) is 3.57. The van der Waals surface area contributed by atoms with Gasteiger partial charge in [-0.15, -0.1) is 33.3 Å². The molecule has 1 unspecified atom stereocenters. The van der Waals surface area contributed by atoms with E-state index in [1.54, 1.807) is 0 Å². The molecule has 0 saturated heterocycles.